The summed E-state index contributed by atoms with van der Waals surface area (Å²) in [7, 11) is 0. The number of hydrogen-bond donors (Lipinski definition) is 0. The fraction of sp³-hybridized carbons (Fsp3) is 0.455. The van der Waals surface area contributed by atoms with Crippen LogP contribution in [0.2, 0.25) is 5.02 Å². The molecule has 1 aliphatic rings. The number of fused-ring (bicyclic) bond motifs is 1. The number of hydrogen-bond acceptors (Lipinski definition) is 0. The third kappa shape index (κ3) is 1.25. The smallest absolute Gasteiger partial charge is 0.0409 e. The Morgan fingerprint density at radius 1 is 1.50 bits per heavy atom. The van der Waals surface area contributed by atoms with Crippen molar-refractivity contribution in [2.45, 2.75) is 32.1 Å². The lowest BCUT2D eigenvalue weighted by Crippen LogP contribution is -1.89. The lowest BCUT2D eigenvalue weighted by molar-refractivity contribution is 0.656. The number of benzene rings is 1. The van der Waals surface area contributed by atoms with Gasteiger partial charge in [-0.05, 0) is 48.4 Å². The highest BCUT2D eigenvalue weighted by molar-refractivity contribution is 6.30. The number of halogens is 1. The van der Waals surface area contributed by atoms with Crippen molar-refractivity contribution in [3.63, 3.8) is 0 Å². The molecule has 12 heavy (non-hydrogen) atoms. The largest absolute Gasteiger partial charge is 0.0843 e. The van der Waals surface area contributed by atoms with Gasteiger partial charge in [0.25, 0.3) is 0 Å². The highest BCUT2D eigenvalue weighted by Gasteiger charge is 2.20. The Morgan fingerprint density at radius 3 is 3.08 bits per heavy atom. The molecule has 0 nitrogen and oxygen atoms in total. The summed E-state index contributed by atoms with van der Waals surface area (Å²) in [6, 6.07) is 6.31. The molecule has 2 rings (SSSR count). The quantitative estimate of drug-likeness (QED) is 0.617. The van der Waals surface area contributed by atoms with Crippen LogP contribution in [0.1, 0.15) is 36.8 Å². The van der Waals surface area contributed by atoms with E-state index in [0.29, 0.717) is 0 Å². The lowest BCUT2D eigenvalue weighted by Gasteiger charge is -2.07. The minimum atomic E-state index is 0.763. The summed E-state index contributed by atoms with van der Waals surface area (Å²) < 4.78 is 0. The Hall–Kier alpha value is -0.490. The third-order valence-corrected chi connectivity index (χ3v) is 3.04. The topological polar surface area (TPSA) is 0 Å². The second kappa shape index (κ2) is 3.10. The predicted octanol–water partition coefficient (Wildman–Crippen LogP) is 3.78. The average Bonchev–Trinajstić information content (AvgIpc) is 2.46. The monoisotopic (exact) mass is 180 g/mol. The standard InChI is InChI=1S/C11H13Cl/c1-2-8-3-4-9-5-6-10(12)7-11(8)9/h5-8H,2-4H2,1H3/t8-/m0/s1. The van der Waals surface area contributed by atoms with Crippen LogP contribution in [0, 0.1) is 0 Å². The van der Waals surface area contributed by atoms with Crippen LogP contribution in [0.15, 0.2) is 18.2 Å². The van der Waals surface area contributed by atoms with Gasteiger partial charge in [0.15, 0.2) is 0 Å². The molecule has 0 saturated carbocycles. The summed E-state index contributed by atoms with van der Waals surface area (Å²) in [5.74, 6) is 0.763. The first-order valence-electron chi connectivity index (χ1n) is 4.59. The van der Waals surface area contributed by atoms with Gasteiger partial charge in [-0.25, -0.2) is 0 Å². The van der Waals surface area contributed by atoms with Gasteiger partial charge in [-0.1, -0.05) is 24.6 Å². The molecule has 0 saturated heterocycles. The van der Waals surface area contributed by atoms with Crippen molar-refractivity contribution in [2.75, 3.05) is 0 Å². The zero-order valence-electron chi connectivity index (χ0n) is 7.31. The van der Waals surface area contributed by atoms with Crippen molar-refractivity contribution in [1.29, 1.82) is 0 Å². The summed E-state index contributed by atoms with van der Waals surface area (Å²) in [5, 5.41) is 0.883. The van der Waals surface area contributed by atoms with Gasteiger partial charge in [0, 0.05) is 5.02 Å². The van der Waals surface area contributed by atoms with E-state index in [1.54, 1.807) is 0 Å². The second-order valence-corrected chi connectivity index (χ2v) is 3.92. The van der Waals surface area contributed by atoms with E-state index < -0.39 is 0 Å². The van der Waals surface area contributed by atoms with Crippen LogP contribution in [0.25, 0.3) is 0 Å². The molecule has 0 fully saturated rings. The molecule has 0 spiro atoms. The molecule has 1 aliphatic carbocycles. The van der Waals surface area contributed by atoms with Gasteiger partial charge in [-0.3, -0.25) is 0 Å². The first kappa shape index (κ1) is 8.12. The Bertz CT molecular complexity index is 291. The van der Waals surface area contributed by atoms with E-state index >= 15 is 0 Å². The van der Waals surface area contributed by atoms with E-state index in [2.05, 4.69) is 19.1 Å². The highest BCUT2D eigenvalue weighted by Crippen LogP contribution is 2.36. The van der Waals surface area contributed by atoms with Crippen LogP contribution in [0.3, 0.4) is 0 Å². The van der Waals surface area contributed by atoms with Gasteiger partial charge in [0.1, 0.15) is 0 Å². The summed E-state index contributed by atoms with van der Waals surface area (Å²) in [6.07, 6.45) is 3.80. The molecule has 0 unspecified atom stereocenters. The van der Waals surface area contributed by atoms with Crippen LogP contribution >= 0.6 is 11.6 Å². The van der Waals surface area contributed by atoms with E-state index in [9.17, 15) is 0 Å². The van der Waals surface area contributed by atoms with Gasteiger partial charge in [0.05, 0.1) is 0 Å². The SMILES string of the molecule is CC[C@H]1CCc2ccc(Cl)cc21. The molecule has 64 valence electrons. The maximum absolute atomic E-state index is 5.95. The van der Waals surface area contributed by atoms with Crippen molar-refractivity contribution < 1.29 is 0 Å². The van der Waals surface area contributed by atoms with Gasteiger partial charge in [-0.15, -0.1) is 0 Å². The van der Waals surface area contributed by atoms with Gasteiger partial charge in [-0.2, -0.15) is 0 Å². The molecular weight excluding hydrogens is 168 g/mol. The van der Waals surface area contributed by atoms with Gasteiger partial charge >= 0.3 is 0 Å². The first-order valence-corrected chi connectivity index (χ1v) is 4.97. The molecule has 0 amide bonds. The number of rotatable bonds is 1. The lowest BCUT2D eigenvalue weighted by atomic mass is 9.99. The van der Waals surface area contributed by atoms with Crippen LogP contribution in [-0.4, -0.2) is 0 Å². The Balaban J connectivity index is 2.42. The summed E-state index contributed by atoms with van der Waals surface area (Å²) in [6.45, 7) is 2.25. The van der Waals surface area contributed by atoms with Gasteiger partial charge in [0.2, 0.25) is 0 Å². The minimum absolute atomic E-state index is 0.763. The van der Waals surface area contributed by atoms with Crippen LogP contribution in [-0.2, 0) is 6.42 Å². The number of aryl methyl sites for hydroxylation is 1. The molecule has 1 aromatic carbocycles. The van der Waals surface area contributed by atoms with Crippen LogP contribution < -0.4 is 0 Å². The molecule has 0 bridgehead atoms. The maximum Gasteiger partial charge on any atom is 0.0409 e. The second-order valence-electron chi connectivity index (χ2n) is 3.49. The zero-order chi connectivity index (χ0) is 8.55. The molecule has 0 aliphatic heterocycles. The Kier molecular flexibility index (Phi) is 2.10. The average molecular weight is 181 g/mol. The molecule has 1 atom stereocenters. The molecule has 0 heterocycles. The minimum Gasteiger partial charge on any atom is -0.0843 e. The van der Waals surface area contributed by atoms with Crippen molar-refractivity contribution in [2.24, 2.45) is 0 Å². The maximum atomic E-state index is 5.95. The normalized spacial score (nSPS) is 21.0. The van der Waals surface area contributed by atoms with E-state index in [0.717, 1.165) is 10.9 Å². The summed E-state index contributed by atoms with van der Waals surface area (Å²) in [4.78, 5) is 0. The van der Waals surface area contributed by atoms with E-state index in [4.69, 9.17) is 11.6 Å². The van der Waals surface area contributed by atoms with Crippen molar-refractivity contribution in [1.82, 2.24) is 0 Å². The summed E-state index contributed by atoms with van der Waals surface area (Å²) in [5.41, 5.74) is 3.00. The molecule has 0 aromatic heterocycles. The van der Waals surface area contributed by atoms with Crippen LogP contribution in [0.5, 0.6) is 0 Å². The Morgan fingerprint density at radius 2 is 2.33 bits per heavy atom. The summed E-state index contributed by atoms with van der Waals surface area (Å²) >= 11 is 5.95. The van der Waals surface area contributed by atoms with E-state index in [1.807, 2.05) is 6.07 Å². The van der Waals surface area contributed by atoms with Crippen molar-refractivity contribution in [3.05, 3.63) is 34.3 Å². The molecule has 1 heteroatoms. The predicted molar refractivity (Wildman–Crippen MR) is 52.8 cm³/mol. The van der Waals surface area contributed by atoms with Gasteiger partial charge < -0.3 is 0 Å². The van der Waals surface area contributed by atoms with E-state index in [1.165, 1.54) is 30.4 Å². The fourth-order valence-electron chi connectivity index (χ4n) is 2.08. The zero-order valence-corrected chi connectivity index (χ0v) is 8.06. The Labute approximate surface area is 78.6 Å². The highest BCUT2D eigenvalue weighted by atomic mass is 35.5. The van der Waals surface area contributed by atoms with Crippen LogP contribution in [0.4, 0.5) is 0 Å². The molecule has 0 radical (unpaired) electrons. The van der Waals surface area contributed by atoms with Crippen molar-refractivity contribution in [3.8, 4) is 0 Å². The van der Waals surface area contributed by atoms with E-state index in [-0.39, 0.29) is 0 Å². The fourth-order valence-corrected chi connectivity index (χ4v) is 2.26. The third-order valence-electron chi connectivity index (χ3n) is 2.80. The first-order chi connectivity index (χ1) is 5.81. The molecule has 1 aromatic rings. The molecule has 0 N–H and O–H groups in total. The molecular formula is C11H13Cl. The van der Waals surface area contributed by atoms with Crippen molar-refractivity contribution >= 4 is 11.6 Å².